The molecule has 0 fully saturated rings. The highest BCUT2D eigenvalue weighted by atomic mass is 32.2. The van der Waals surface area contributed by atoms with Crippen molar-refractivity contribution in [1.29, 1.82) is 0 Å². The maximum Gasteiger partial charge on any atom is 0.133 e. The molecule has 3 heteroatoms. The summed E-state index contributed by atoms with van der Waals surface area (Å²) in [5.74, 6) is 1.42. The van der Waals surface area contributed by atoms with Crippen molar-refractivity contribution in [3.8, 4) is 5.75 Å². The van der Waals surface area contributed by atoms with Gasteiger partial charge < -0.3 is 5.11 Å². The smallest absolute Gasteiger partial charge is 0.133 e. The van der Waals surface area contributed by atoms with Gasteiger partial charge in [0.2, 0.25) is 0 Å². The number of hydrogen-bond acceptors (Lipinski definition) is 3. The Bertz CT molecular complexity index is 420. The lowest BCUT2D eigenvalue weighted by atomic mass is 10.2. The van der Waals surface area contributed by atoms with Crippen LogP contribution in [0, 0.1) is 0 Å². The van der Waals surface area contributed by atoms with E-state index in [1.54, 1.807) is 29.2 Å². The van der Waals surface area contributed by atoms with Crippen LogP contribution in [0.5, 0.6) is 5.75 Å². The first kappa shape index (κ1) is 8.91. The summed E-state index contributed by atoms with van der Waals surface area (Å²) in [4.78, 5) is 0. The first-order valence-corrected chi connectivity index (χ1v) is 6.27. The fourth-order valence-electron chi connectivity index (χ4n) is 1.36. The molecule has 68 valence electrons. The third-order valence-electron chi connectivity index (χ3n) is 1.96. The molecule has 2 rings (SSSR count). The van der Waals surface area contributed by atoms with Crippen molar-refractivity contribution in [2.45, 2.75) is 5.75 Å². The number of rotatable bonds is 2. The van der Waals surface area contributed by atoms with E-state index in [9.17, 15) is 5.11 Å². The molecule has 1 nitrogen and oxygen atoms in total. The van der Waals surface area contributed by atoms with Gasteiger partial charge in [-0.2, -0.15) is 11.8 Å². The second kappa shape index (κ2) is 3.60. The third-order valence-corrected chi connectivity index (χ3v) is 3.63. The molecule has 0 unspecified atom stereocenters. The molecule has 0 aliphatic heterocycles. The molecule has 0 bridgehead atoms. The quantitative estimate of drug-likeness (QED) is 0.819. The summed E-state index contributed by atoms with van der Waals surface area (Å²) in [5.41, 5.74) is 1.32. The molecule has 1 aromatic carbocycles. The Morgan fingerprint density at radius 1 is 1.46 bits per heavy atom. The molecular formula is C10H10OS2. The molecule has 1 N–H and O–H groups in total. The summed E-state index contributed by atoms with van der Waals surface area (Å²) in [7, 11) is 0. The van der Waals surface area contributed by atoms with Gasteiger partial charge in [0.05, 0.1) is 4.70 Å². The van der Waals surface area contributed by atoms with Crippen molar-refractivity contribution < 1.29 is 5.11 Å². The molecular weight excluding hydrogens is 200 g/mol. The van der Waals surface area contributed by atoms with Gasteiger partial charge >= 0.3 is 0 Å². The van der Waals surface area contributed by atoms with Crippen LogP contribution in [0.3, 0.4) is 0 Å². The average molecular weight is 210 g/mol. The van der Waals surface area contributed by atoms with E-state index in [1.165, 1.54) is 10.9 Å². The first-order chi connectivity index (χ1) is 6.33. The highest BCUT2D eigenvalue weighted by Gasteiger charge is 2.05. The number of thioether (sulfide) groups is 1. The van der Waals surface area contributed by atoms with Crippen LogP contribution >= 0.6 is 23.1 Å². The minimum absolute atomic E-state index is 0.398. The summed E-state index contributed by atoms with van der Waals surface area (Å²) in [6.45, 7) is 0. The zero-order valence-corrected chi connectivity index (χ0v) is 8.91. The molecule has 0 spiro atoms. The molecule has 13 heavy (non-hydrogen) atoms. The predicted molar refractivity (Wildman–Crippen MR) is 60.7 cm³/mol. The number of fused-ring (bicyclic) bond motifs is 1. The molecule has 1 heterocycles. The van der Waals surface area contributed by atoms with Gasteiger partial charge in [-0.25, -0.2) is 0 Å². The van der Waals surface area contributed by atoms with Crippen LogP contribution in [0.15, 0.2) is 23.6 Å². The second-order valence-electron chi connectivity index (χ2n) is 2.85. The van der Waals surface area contributed by atoms with Crippen LogP contribution in [-0.2, 0) is 5.75 Å². The molecule has 0 atom stereocenters. The van der Waals surface area contributed by atoms with Crippen LogP contribution in [-0.4, -0.2) is 11.4 Å². The van der Waals surface area contributed by atoms with Gasteiger partial charge in [0.15, 0.2) is 0 Å². The van der Waals surface area contributed by atoms with Crippen molar-refractivity contribution in [2.24, 2.45) is 0 Å². The van der Waals surface area contributed by atoms with Crippen LogP contribution < -0.4 is 0 Å². The number of aromatic hydroxyl groups is 1. The minimum Gasteiger partial charge on any atom is -0.506 e. The highest BCUT2D eigenvalue weighted by Crippen LogP contribution is 2.34. The standard InChI is InChI=1S/C10H10OS2/c1-12-5-7-6-13-10-8(7)3-2-4-9(10)11/h2-4,6,11H,5H2,1H3. The average Bonchev–Trinajstić information content (AvgIpc) is 2.51. The monoisotopic (exact) mass is 210 g/mol. The lowest BCUT2D eigenvalue weighted by molar-refractivity contribution is 0.482. The van der Waals surface area contributed by atoms with Crippen LogP contribution in [0.4, 0.5) is 0 Å². The van der Waals surface area contributed by atoms with Gasteiger partial charge in [-0.1, -0.05) is 12.1 Å². The van der Waals surface area contributed by atoms with E-state index in [2.05, 4.69) is 17.7 Å². The Labute approximate surface area is 85.4 Å². The Balaban J connectivity index is 2.61. The van der Waals surface area contributed by atoms with Crippen molar-refractivity contribution in [3.05, 3.63) is 29.1 Å². The summed E-state index contributed by atoms with van der Waals surface area (Å²) < 4.78 is 1.01. The van der Waals surface area contributed by atoms with E-state index in [0.717, 1.165) is 10.5 Å². The highest BCUT2D eigenvalue weighted by molar-refractivity contribution is 7.97. The predicted octanol–water partition coefficient (Wildman–Crippen LogP) is 3.47. The van der Waals surface area contributed by atoms with Crippen molar-refractivity contribution in [2.75, 3.05) is 6.26 Å². The van der Waals surface area contributed by atoms with Gasteiger partial charge in [-0.3, -0.25) is 0 Å². The fraction of sp³-hybridized carbons (Fsp3) is 0.200. The Morgan fingerprint density at radius 3 is 3.08 bits per heavy atom. The first-order valence-electron chi connectivity index (χ1n) is 4.00. The normalized spacial score (nSPS) is 10.8. The number of benzene rings is 1. The topological polar surface area (TPSA) is 20.2 Å². The Morgan fingerprint density at radius 2 is 2.31 bits per heavy atom. The van der Waals surface area contributed by atoms with Crippen molar-refractivity contribution in [3.63, 3.8) is 0 Å². The molecule has 0 amide bonds. The zero-order chi connectivity index (χ0) is 9.26. The molecule has 0 saturated carbocycles. The molecule has 0 aliphatic carbocycles. The lowest BCUT2D eigenvalue weighted by Gasteiger charge is -1.96. The van der Waals surface area contributed by atoms with E-state index in [1.807, 2.05) is 6.07 Å². The molecule has 0 radical (unpaired) electrons. The molecule has 2 aromatic rings. The number of phenolic OH excluding ortho intramolecular Hbond substituents is 1. The Kier molecular flexibility index (Phi) is 2.47. The SMILES string of the molecule is CSCc1csc2c(O)cccc12. The van der Waals surface area contributed by atoms with Crippen LogP contribution in [0.2, 0.25) is 0 Å². The van der Waals surface area contributed by atoms with E-state index < -0.39 is 0 Å². The molecule has 0 aliphatic rings. The van der Waals surface area contributed by atoms with Gasteiger partial charge in [-0.15, -0.1) is 11.3 Å². The van der Waals surface area contributed by atoms with Gasteiger partial charge in [0.25, 0.3) is 0 Å². The zero-order valence-electron chi connectivity index (χ0n) is 7.28. The second-order valence-corrected chi connectivity index (χ2v) is 4.59. The fourth-order valence-corrected chi connectivity index (χ4v) is 3.00. The largest absolute Gasteiger partial charge is 0.506 e. The minimum atomic E-state index is 0.398. The molecule has 0 saturated heterocycles. The molecule has 1 aromatic heterocycles. The summed E-state index contributed by atoms with van der Waals surface area (Å²) >= 11 is 3.42. The maximum absolute atomic E-state index is 9.56. The van der Waals surface area contributed by atoms with E-state index in [-0.39, 0.29) is 0 Å². The summed E-state index contributed by atoms with van der Waals surface area (Å²) in [6, 6.07) is 5.70. The lowest BCUT2D eigenvalue weighted by Crippen LogP contribution is -1.75. The number of phenols is 1. The van der Waals surface area contributed by atoms with Gasteiger partial charge in [0, 0.05) is 11.1 Å². The number of thiophene rings is 1. The van der Waals surface area contributed by atoms with Crippen molar-refractivity contribution in [1.82, 2.24) is 0 Å². The summed E-state index contributed by atoms with van der Waals surface area (Å²) in [5, 5.41) is 12.9. The third kappa shape index (κ3) is 1.54. The Hall–Kier alpha value is -0.670. The number of hydrogen-bond donors (Lipinski definition) is 1. The maximum atomic E-state index is 9.56. The van der Waals surface area contributed by atoms with Gasteiger partial charge in [0.1, 0.15) is 5.75 Å². The summed E-state index contributed by atoms with van der Waals surface area (Å²) in [6.07, 6.45) is 2.09. The van der Waals surface area contributed by atoms with Gasteiger partial charge in [-0.05, 0) is 23.3 Å². The van der Waals surface area contributed by atoms with E-state index in [4.69, 9.17) is 0 Å². The van der Waals surface area contributed by atoms with Crippen LogP contribution in [0.1, 0.15) is 5.56 Å². The van der Waals surface area contributed by atoms with E-state index >= 15 is 0 Å². The van der Waals surface area contributed by atoms with Crippen molar-refractivity contribution >= 4 is 33.2 Å². The van der Waals surface area contributed by atoms with Crippen LogP contribution in [0.25, 0.3) is 10.1 Å². The van der Waals surface area contributed by atoms with E-state index in [0.29, 0.717) is 5.75 Å².